The first-order valence-corrected chi connectivity index (χ1v) is 6.56. The number of carbonyl (C=O) groups is 1. The summed E-state index contributed by atoms with van der Waals surface area (Å²) in [5.41, 5.74) is 2.12. The molecular formula is C17H18O2. The van der Waals surface area contributed by atoms with Crippen LogP contribution in [0.15, 0.2) is 54.6 Å². The van der Waals surface area contributed by atoms with Crippen LogP contribution in [0.5, 0.6) is 5.75 Å². The molecule has 0 aromatic heterocycles. The van der Waals surface area contributed by atoms with Gasteiger partial charge in [0.1, 0.15) is 12.0 Å². The normalized spacial score (nSPS) is 11.8. The molecule has 98 valence electrons. The van der Waals surface area contributed by atoms with E-state index in [1.807, 2.05) is 61.5 Å². The van der Waals surface area contributed by atoms with Crippen LogP contribution in [0.25, 0.3) is 0 Å². The smallest absolute Gasteiger partial charge is 0.127 e. The Morgan fingerprint density at radius 3 is 2.42 bits per heavy atom. The van der Waals surface area contributed by atoms with Gasteiger partial charge in [0.05, 0.1) is 6.61 Å². The van der Waals surface area contributed by atoms with Crippen molar-refractivity contribution in [3.05, 3.63) is 65.7 Å². The number of para-hydroxylation sites is 1. The van der Waals surface area contributed by atoms with Gasteiger partial charge in [0.25, 0.3) is 0 Å². The minimum Gasteiger partial charge on any atom is -0.494 e. The Labute approximate surface area is 114 Å². The second kappa shape index (κ2) is 6.74. The Morgan fingerprint density at radius 1 is 1.05 bits per heavy atom. The van der Waals surface area contributed by atoms with E-state index in [-0.39, 0.29) is 5.92 Å². The first-order valence-electron chi connectivity index (χ1n) is 6.56. The van der Waals surface area contributed by atoms with Crippen molar-refractivity contribution in [2.45, 2.75) is 19.3 Å². The van der Waals surface area contributed by atoms with Gasteiger partial charge in [0.2, 0.25) is 0 Å². The SMILES string of the molecule is CCOc1ccccc1CC(C=O)c1ccccc1. The van der Waals surface area contributed by atoms with Gasteiger partial charge in [-0.05, 0) is 30.5 Å². The number of rotatable bonds is 6. The fourth-order valence-corrected chi connectivity index (χ4v) is 2.15. The fourth-order valence-electron chi connectivity index (χ4n) is 2.15. The maximum atomic E-state index is 11.3. The van der Waals surface area contributed by atoms with Crippen molar-refractivity contribution in [1.82, 2.24) is 0 Å². The quantitative estimate of drug-likeness (QED) is 0.736. The van der Waals surface area contributed by atoms with Crippen LogP contribution in [0.4, 0.5) is 0 Å². The van der Waals surface area contributed by atoms with Crippen LogP contribution < -0.4 is 4.74 Å². The lowest BCUT2D eigenvalue weighted by Gasteiger charge is -2.14. The van der Waals surface area contributed by atoms with Crippen LogP contribution in [-0.4, -0.2) is 12.9 Å². The van der Waals surface area contributed by atoms with Gasteiger partial charge in [-0.3, -0.25) is 0 Å². The Kier molecular flexibility index (Phi) is 4.73. The number of hydrogen-bond donors (Lipinski definition) is 0. The van der Waals surface area contributed by atoms with Crippen molar-refractivity contribution >= 4 is 6.29 Å². The Bertz CT molecular complexity index is 520. The number of aldehydes is 1. The molecule has 0 amide bonds. The summed E-state index contributed by atoms with van der Waals surface area (Å²) in [6, 6.07) is 17.7. The van der Waals surface area contributed by atoms with E-state index in [1.165, 1.54) is 0 Å². The predicted molar refractivity (Wildman–Crippen MR) is 76.6 cm³/mol. The van der Waals surface area contributed by atoms with Gasteiger partial charge in [-0.1, -0.05) is 48.5 Å². The monoisotopic (exact) mass is 254 g/mol. The minimum atomic E-state index is -0.122. The molecule has 1 unspecified atom stereocenters. The summed E-state index contributed by atoms with van der Waals surface area (Å²) in [5, 5.41) is 0. The largest absolute Gasteiger partial charge is 0.494 e. The zero-order valence-electron chi connectivity index (χ0n) is 11.1. The molecule has 2 rings (SSSR count). The van der Waals surface area contributed by atoms with Crippen LogP contribution in [-0.2, 0) is 11.2 Å². The Morgan fingerprint density at radius 2 is 1.74 bits per heavy atom. The highest BCUT2D eigenvalue weighted by molar-refractivity contribution is 5.63. The zero-order chi connectivity index (χ0) is 13.5. The summed E-state index contributed by atoms with van der Waals surface area (Å²) < 4.78 is 5.60. The molecule has 0 aliphatic rings. The molecule has 2 aromatic carbocycles. The van der Waals surface area contributed by atoms with Crippen molar-refractivity contribution in [3.63, 3.8) is 0 Å². The lowest BCUT2D eigenvalue weighted by molar-refractivity contribution is -0.109. The molecular weight excluding hydrogens is 236 g/mol. The van der Waals surface area contributed by atoms with E-state index in [1.54, 1.807) is 0 Å². The summed E-state index contributed by atoms with van der Waals surface area (Å²) in [7, 11) is 0. The van der Waals surface area contributed by atoms with E-state index in [4.69, 9.17) is 4.74 Å². The third kappa shape index (κ3) is 3.44. The van der Waals surface area contributed by atoms with E-state index in [2.05, 4.69) is 0 Å². The molecule has 0 fully saturated rings. The van der Waals surface area contributed by atoms with Gasteiger partial charge < -0.3 is 9.53 Å². The molecule has 0 spiro atoms. The molecule has 0 N–H and O–H groups in total. The van der Waals surface area contributed by atoms with Gasteiger partial charge in [-0.2, -0.15) is 0 Å². The highest BCUT2D eigenvalue weighted by Gasteiger charge is 2.13. The summed E-state index contributed by atoms with van der Waals surface area (Å²) in [6.07, 6.45) is 1.68. The van der Waals surface area contributed by atoms with Gasteiger partial charge in [0, 0.05) is 5.92 Å². The molecule has 0 saturated carbocycles. The van der Waals surface area contributed by atoms with Gasteiger partial charge >= 0.3 is 0 Å². The number of hydrogen-bond acceptors (Lipinski definition) is 2. The molecule has 0 saturated heterocycles. The molecule has 0 radical (unpaired) electrons. The molecule has 1 atom stereocenters. The molecule has 2 nitrogen and oxygen atoms in total. The lowest BCUT2D eigenvalue weighted by Crippen LogP contribution is -2.06. The highest BCUT2D eigenvalue weighted by atomic mass is 16.5. The molecule has 0 aliphatic heterocycles. The van der Waals surface area contributed by atoms with E-state index >= 15 is 0 Å². The summed E-state index contributed by atoms with van der Waals surface area (Å²) in [6.45, 7) is 2.60. The summed E-state index contributed by atoms with van der Waals surface area (Å²) >= 11 is 0. The fraction of sp³-hybridized carbons (Fsp3) is 0.235. The van der Waals surface area contributed by atoms with Gasteiger partial charge in [-0.25, -0.2) is 0 Å². The van der Waals surface area contributed by atoms with Crippen LogP contribution in [0.2, 0.25) is 0 Å². The molecule has 2 aromatic rings. The van der Waals surface area contributed by atoms with Crippen molar-refractivity contribution in [2.75, 3.05) is 6.61 Å². The van der Waals surface area contributed by atoms with Crippen molar-refractivity contribution in [2.24, 2.45) is 0 Å². The lowest BCUT2D eigenvalue weighted by atomic mass is 9.93. The second-order valence-corrected chi connectivity index (χ2v) is 4.40. The number of carbonyl (C=O) groups excluding carboxylic acids is 1. The number of benzene rings is 2. The molecule has 2 heteroatoms. The van der Waals surface area contributed by atoms with Crippen molar-refractivity contribution < 1.29 is 9.53 Å². The predicted octanol–water partition coefficient (Wildman–Crippen LogP) is 3.61. The third-order valence-corrected chi connectivity index (χ3v) is 3.10. The first-order chi connectivity index (χ1) is 9.35. The van der Waals surface area contributed by atoms with Crippen LogP contribution in [0, 0.1) is 0 Å². The standard InChI is InChI=1S/C17H18O2/c1-2-19-17-11-7-6-10-15(17)12-16(13-18)14-8-4-3-5-9-14/h3-11,13,16H,2,12H2,1H3. The Hall–Kier alpha value is -2.09. The summed E-state index contributed by atoms with van der Waals surface area (Å²) in [4.78, 5) is 11.3. The summed E-state index contributed by atoms with van der Waals surface area (Å²) in [5.74, 6) is 0.746. The first kappa shape index (κ1) is 13.3. The van der Waals surface area contributed by atoms with Crippen LogP contribution in [0.3, 0.4) is 0 Å². The zero-order valence-corrected chi connectivity index (χ0v) is 11.1. The minimum absolute atomic E-state index is 0.122. The third-order valence-electron chi connectivity index (χ3n) is 3.10. The second-order valence-electron chi connectivity index (χ2n) is 4.40. The van der Waals surface area contributed by atoms with Crippen molar-refractivity contribution in [3.8, 4) is 5.75 Å². The topological polar surface area (TPSA) is 26.3 Å². The number of ether oxygens (including phenoxy) is 1. The van der Waals surface area contributed by atoms with Gasteiger partial charge in [-0.15, -0.1) is 0 Å². The van der Waals surface area contributed by atoms with Crippen LogP contribution in [0.1, 0.15) is 24.0 Å². The van der Waals surface area contributed by atoms with Crippen LogP contribution >= 0.6 is 0 Å². The molecule has 0 bridgehead atoms. The van der Waals surface area contributed by atoms with Gasteiger partial charge in [0.15, 0.2) is 0 Å². The average molecular weight is 254 g/mol. The molecule has 19 heavy (non-hydrogen) atoms. The average Bonchev–Trinajstić information content (AvgIpc) is 2.47. The van der Waals surface area contributed by atoms with E-state index in [0.717, 1.165) is 23.2 Å². The molecule has 0 heterocycles. The van der Waals surface area contributed by atoms with E-state index in [0.29, 0.717) is 13.0 Å². The van der Waals surface area contributed by atoms with E-state index in [9.17, 15) is 4.79 Å². The Balaban J connectivity index is 2.21. The maximum absolute atomic E-state index is 11.3. The molecule has 0 aliphatic carbocycles. The highest BCUT2D eigenvalue weighted by Crippen LogP contribution is 2.25. The van der Waals surface area contributed by atoms with Crippen molar-refractivity contribution in [1.29, 1.82) is 0 Å². The van der Waals surface area contributed by atoms with E-state index < -0.39 is 0 Å². The maximum Gasteiger partial charge on any atom is 0.127 e.